The van der Waals surface area contributed by atoms with Crippen LogP contribution in [0.3, 0.4) is 0 Å². The Morgan fingerprint density at radius 3 is 2.34 bits per heavy atom. The lowest BCUT2D eigenvalue weighted by Crippen LogP contribution is -2.61. The predicted octanol–water partition coefficient (Wildman–Crippen LogP) is 3.35. The molecule has 4 N–H and O–H groups in total. The minimum atomic E-state index is -0.303. The van der Waals surface area contributed by atoms with Crippen LogP contribution in [0.15, 0.2) is 48.5 Å². The van der Waals surface area contributed by atoms with Crippen LogP contribution in [0.2, 0.25) is 10.0 Å². The first-order chi connectivity index (χ1) is 15.5. The number of hydrogen-bond acceptors (Lipinski definition) is 6. The first kappa shape index (κ1) is 21.9. The second-order valence-electron chi connectivity index (χ2n) is 8.68. The number of benzene rings is 2. The van der Waals surface area contributed by atoms with Crippen molar-refractivity contribution in [2.75, 3.05) is 6.61 Å². The van der Waals surface area contributed by atoms with Gasteiger partial charge in [0.25, 0.3) is 5.91 Å². The highest BCUT2D eigenvalue weighted by molar-refractivity contribution is 6.30. The van der Waals surface area contributed by atoms with Gasteiger partial charge in [0.15, 0.2) is 13.0 Å². The molecular weight excluding hydrogens is 451 g/mol. The summed E-state index contributed by atoms with van der Waals surface area (Å²) in [5.74, 6) is 1.67. The van der Waals surface area contributed by atoms with Gasteiger partial charge in [0.2, 0.25) is 0 Å². The van der Waals surface area contributed by atoms with Crippen LogP contribution in [0, 0.1) is 11.8 Å². The van der Waals surface area contributed by atoms with E-state index in [2.05, 4.69) is 21.4 Å². The summed E-state index contributed by atoms with van der Waals surface area (Å²) in [5, 5.41) is 11.5. The van der Waals surface area contributed by atoms with Crippen LogP contribution in [0.25, 0.3) is 0 Å². The predicted molar refractivity (Wildman–Crippen MR) is 122 cm³/mol. The molecule has 3 aliphatic carbocycles. The molecule has 2 aromatic rings. The van der Waals surface area contributed by atoms with E-state index in [0.29, 0.717) is 27.6 Å². The van der Waals surface area contributed by atoms with Crippen LogP contribution in [-0.4, -0.2) is 30.9 Å². The van der Waals surface area contributed by atoms with E-state index < -0.39 is 0 Å². The molecule has 2 aromatic carbocycles. The molecule has 2 bridgehead atoms. The van der Waals surface area contributed by atoms with Gasteiger partial charge in [-0.3, -0.25) is 20.3 Å². The molecule has 1 aliphatic heterocycles. The van der Waals surface area contributed by atoms with Crippen molar-refractivity contribution in [3.8, 4) is 5.75 Å². The fourth-order valence-electron chi connectivity index (χ4n) is 4.78. The van der Waals surface area contributed by atoms with Crippen molar-refractivity contribution in [2.24, 2.45) is 11.8 Å². The lowest BCUT2D eigenvalue weighted by Gasteiger charge is -2.52. The lowest BCUT2D eigenvalue weighted by molar-refractivity contribution is -0.125. The van der Waals surface area contributed by atoms with Crippen LogP contribution in [0.5, 0.6) is 5.75 Å². The van der Waals surface area contributed by atoms with E-state index in [1.54, 1.807) is 24.3 Å². The molecule has 32 heavy (non-hydrogen) atoms. The molecule has 4 aliphatic rings. The summed E-state index contributed by atoms with van der Waals surface area (Å²) in [6.45, 7) is -0.00758. The molecule has 4 atom stereocenters. The largest absolute Gasteiger partial charge is 0.484 e. The number of ether oxygens (including phenoxy) is 1. The first-order valence-electron chi connectivity index (χ1n) is 10.9. The summed E-state index contributed by atoms with van der Waals surface area (Å²) in [7, 11) is 0. The zero-order valence-corrected chi connectivity index (χ0v) is 18.9. The van der Waals surface area contributed by atoms with Gasteiger partial charge in [-0.1, -0.05) is 35.3 Å². The highest BCUT2D eigenvalue weighted by atomic mass is 35.5. The van der Waals surface area contributed by atoms with Gasteiger partial charge in [0, 0.05) is 22.1 Å². The van der Waals surface area contributed by atoms with Crippen molar-refractivity contribution in [2.45, 2.75) is 43.9 Å². The molecule has 1 heterocycles. The van der Waals surface area contributed by atoms with Crippen molar-refractivity contribution in [3.63, 3.8) is 0 Å². The fourth-order valence-corrected chi connectivity index (χ4v) is 5.04. The molecule has 7 nitrogen and oxygen atoms in total. The summed E-state index contributed by atoms with van der Waals surface area (Å²) in [4.78, 5) is 18.2. The number of fused-ring (bicyclic) bond motifs is 2. The number of nitrogens with one attached hydrogen (secondary N) is 4. The van der Waals surface area contributed by atoms with Gasteiger partial charge in [-0.15, -0.1) is 0 Å². The van der Waals surface area contributed by atoms with Crippen LogP contribution in [0.4, 0.5) is 0 Å². The van der Waals surface area contributed by atoms with Crippen molar-refractivity contribution in [3.05, 3.63) is 64.1 Å². The van der Waals surface area contributed by atoms with Crippen molar-refractivity contribution >= 4 is 29.1 Å². The summed E-state index contributed by atoms with van der Waals surface area (Å²) in [6, 6.07) is 15.1. The third-order valence-electron chi connectivity index (χ3n) is 6.58. The average Bonchev–Trinajstić information content (AvgIpc) is 3.21. The quantitative estimate of drug-likeness (QED) is 0.490. The van der Waals surface area contributed by atoms with Gasteiger partial charge in [-0.05, 0) is 73.1 Å². The summed E-state index contributed by atoms with van der Waals surface area (Å²) < 4.78 is 5.58. The van der Waals surface area contributed by atoms with Crippen molar-refractivity contribution in [1.29, 1.82) is 0 Å². The van der Waals surface area contributed by atoms with Crippen molar-refractivity contribution < 1.29 is 14.4 Å². The van der Waals surface area contributed by atoms with E-state index in [4.69, 9.17) is 32.8 Å². The van der Waals surface area contributed by atoms with Gasteiger partial charge in [-0.2, -0.15) is 5.48 Å². The highest BCUT2D eigenvalue weighted by Crippen LogP contribution is 2.46. The van der Waals surface area contributed by atoms with Gasteiger partial charge in [0.05, 0.1) is 0 Å². The average molecular weight is 477 g/mol. The number of hydroxylamine groups is 1. The molecule has 1 amide bonds. The second-order valence-corrected chi connectivity index (χ2v) is 9.56. The maximum Gasteiger partial charge on any atom is 0.258 e. The minimum absolute atomic E-state index is 0.00758. The SMILES string of the molecule is O=C(COc1ccc(Cl)cc1)NC1C[C@H](NC2NC(c3ccc(Cl)cc3)NO2)C2CC1C2. The monoisotopic (exact) mass is 476 g/mol. The maximum atomic E-state index is 12.5. The molecule has 0 spiro atoms. The molecule has 9 heteroatoms. The van der Waals surface area contributed by atoms with E-state index in [9.17, 15) is 4.79 Å². The van der Waals surface area contributed by atoms with E-state index in [1.165, 1.54) is 0 Å². The molecule has 3 saturated carbocycles. The van der Waals surface area contributed by atoms with Gasteiger partial charge >= 0.3 is 0 Å². The van der Waals surface area contributed by atoms with Gasteiger partial charge in [0.1, 0.15) is 11.9 Å². The number of rotatable bonds is 7. The second kappa shape index (κ2) is 9.55. The smallest absolute Gasteiger partial charge is 0.258 e. The number of amides is 1. The standard InChI is InChI=1S/C23H26Cl2N4O3/c24-16-3-1-13(2-4-16)22-28-23(32-29-22)27-20-11-19(14-9-15(20)10-14)26-21(30)12-31-18-7-5-17(25)6-8-18/h1-8,14-15,19-20,22-23,27-29H,9-12H2,(H,26,30)/t14?,15?,19?,20-,22?,23?/m0/s1. The number of halogens is 2. The Balaban J connectivity index is 1.10. The summed E-state index contributed by atoms with van der Waals surface area (Å²) in [5.41, 5.74) is 4.08. The molecule has 6 rings (SSSR count). The Kier molecular flexibility index (Phi) is 6.55. The molecule has 0 aromatic heterocycles. The minimum Gasteiger partial charge on any atom is -0.484 e. The third-order valence-corrected chi connectivity index (χ3v) is 7.08. The van der Waals surface area contributed by atoms with Crippen LogP contribution in [0.1, 0.15) is 31.0 Å². The lowest BCUT2D eigenvalue weighted by atomic mass is 9.60. The summed E-state index contributed by atoms with van der Waals surface area (Å²) in [6.07, 6.45) is 2.68. The maximum absolute atomic E-state index is 12.5. The molecule has 170 valence electrons. The topological polar surface area (TPSA) is 83.7 Å². The van der Waals surface area contributed by atoms with Gasteiger partial charge in [-0.25, -0.2) is 0 Å². The Bertz CT molecular complexity index is 937. The number of carbonyl (C=O) groups is 1. The van der Waals surface area contributed by atoms with Crippen molar-refractivity contribution in [1.82, 2.24) is 21.4 Å². The molecule has 1 saturated heterocycles. The Morgan fingerprint density at radius 2 is 1.62 bits per heavy atom. The Labute approximate surface area is 197 Å². The molecule has 0 radical (unpaired) electrons. The molecule has 3 unspecified atom stereocenters. The first-order valence-corrected chi connectivity index (χ1v) is 11.7. The van der Waals surface area contributed by atoms with E-state index in [-0.39, 0.29) is 37.1 Å². The Hall–Kier alpha value is -1.87. The number of carbonyl (C=O) groups excluding carboxylic acids is 1. The fraction of sp³-hybridized carbons (Fsp3) is 0.435. The van der Waals surface area contributed by atoms with Crippen LogP contribution in [-0.2, 0) is 9.63 Å². The normalized spacial score (nSPS) is 31.1. The van der Waals surface area contributed by atoms with E-state index in [0.717, 1.165) is 24.8 Å². The highest BCUT2D eigenvalue weighted by Gasteiger charge is 2.47. The van der Waals surface area contributed by atoms with Crippen LogP contribution >= 0.6 is 23.2 Å². The Morgan fingerprint density at radius 1 is 0.969 bits per heavy atom. The molecular formula is C23H26Cl2N4O3. The van der Waals surface area contributed by atoms with E-state index >= 15 is 0 Å². The van der Waals surface area contributed by atoms with Gasteiger partial charge < -0.3 is 10.1 Å². The number of hydrogen-bond donors (Lipinski definition) is 4. The zero-order chi connectivity index (χ0) is 22.1. The zero-order valence-electron chi connectivity index (χ0n) is 17.4. The third kappa shape index (κ3) is 5.03. The van der Waals surface area contributed by atoms with Crippen LogP contribution < -0.4 is 26.2 Å². The van der Waals surface area contributed by atoms with E-state index in [1.807, 2.05) is 24.3 Å². The molecule has 4 fully saturated rings. The summed E-state index contributed by atoms with van der Waals surface area (Å²) >= 11 is 11.9.